The minimum atomic E-state index is 0.219. The van der Waals surface area contributed by atoms with E-state index in [4.69, 9.17) is 4.74 Å². The van der Waals surface area contributed by atoms with Crippen molar-refractivity contribution in [1.29, 1.82) is 0 Å². The van der Waals surface area contributed by atoms with Gasteiger partial charge in [0.25, 0.3) is 0 Å². The molecule has 0 radical (unpaired) electrons. The molecule has 0 bridgehead atoms. The number of rotatable bonds is 8. The molecule has 19 heavy (non-hydrogen) atoms. The van der Waals surface area contributed by atoms with Gasteiger partial charge in [-0.05, 0) is 38.0 Å². The van der Waals surface area contributed by atoms with Gasteiger partial charge in [0.2, 0.25) is 5.91 Å². The van der Waals surface area contributed by atoms with Gasteiger partial charge in [0.1, 0.15) is 12.4 Å². The van der Waals surface area contributed by atoms with E-state index in [1.165, 1.54) is 0 Å². The van der Waals surface area contributed by atoms with Gasteiger partial charge in [0, 0.05) is 19.5 Å². The molecule has 1 amide bonds. The average molecular weight is 261 g/mol. The molecule has 0 heterocycles. The quantitative estimate of drug-likeness (QED) is 0.673. The lowest BCUT2D eigenvalue weighted by atomic mass is 10.1. The van der Waals surface area contributed by atoms with Crippen molar-refractivity contribution >= 4 is 5.91 Å². The summed E-state index contributed by atoms with van der Waals surface area (Å²) in [6.45, 7) is 9.70. The topological polar surface area (TPSA) is 29.5 Å². The summed E-state index contributed by atoms with van der Waals surface area (Å²) in [6.07, 6.45) is 3.06. The van der Waals surface area contributed by atoms with Crippen LogP contribution in [0.25, 0.3) is 0 Å². The molecule has 0 aliphatic rings. The first-order valence-corrected chi connectivity index (χ1v) is 6.81. The highest BCUT2D eigenvalue weighted by Gasteiger charge is 2.09. The fraction of sp³-hybridized carbons (Fsp3) is 0.438. The van der Waals surface area contributed by atoms with Gasteiger partial charge < -0.3 is 9.64 Å². The van der Waals surface area contributed by atoms with Gasteiger partial charge in [-0.25, -0.2) is 0 Å². The highest BCUT2D eigenvalue weighted by molar-refractivity contribution is 5.76. The molecule has 0 aliphatic heterocycles. The molecule has 0 saturated heterocycles. The number of benzene rings is 1. The summed E-state index contributed by atoms with van der Waals surface area (Å²) in [6, 6.07) is 7.88. The first-order valence-electron chi connectivity index (χ1n) is 6.81. The number of hydrogen-bond acceptors (Lipinski definition) is 2. The molecule has 1 rings (SSSR count). The number of hydrogen-bond donors (Lipinski definition) is 0. The number of amides is 1. The number of ether oxygens (including phenoxy) is 1. The average Bonchev–Trinajstić information content (AvgIpc) is 2.45. The molecule has 104 valence electrons. The lowest BCUT2D eigenvalue weighted by Gasteiger charge is -2.18. The molecule has 0 unspecified atom stereocenters. The monoisotopic (exact) mass is 261 g/mol. The molecule has 3 nitrogen and oxygen atoms in total. The van der Waals surface area contributed by atoms with Crippen molar-refractivity contribution in [2.24, 2.45) is 0 Å². The minimum absolute atomic E-state index is 0.219. The standard InChI is InChI=1S/C16H23NO2/c1-4-13-19-15-10-7-14(8-11-15)9-12-16(18)17(5-2)6-3/h4,7-8,10-11H,1,5-6,9,12-13H2,2-3H3. The summed E-state index contributed by atoms with van der Waals surface area (Å²) in [4.78, 5) is 13.7. The Labute approximate surface area is 115 Å². The number of carbonyl (C=O) groups is 1. The second-order valence-electron chi connectivity index (χ2n) is 4.31. The Hall–Kier alpha value is -1.77. The highest BCUT2D eigenvalue weighted by atomic mass is 16.5. The Morgan fingerprint density at radius 2 is 1.89 bits per heavy atom. The van der Waals surface area contributed by atoms with Crippen molar-refractivity contribution in [2.45, 2.75) is 26.7 Å². The Morgan fingerprint density at radius 3 is 2.42 bits per heavy atom. The molecule has 1 aromatic rings. The Morgan fingerprint density at radius 1 is 1.26 bits per heavy atom. The largest absolute Gasteiger partial charge is 0.490 e. The van der Waals surface area contributed by atoms with Crippen molar-refractivity contribution in [3.05, 3.63) is 42.5 Å². The first-order chi connectivity index (χ1) is 9.21. The maximum atomic E-state index is 11.9. The highest BCUT2D eigenvalue weighted by Crippen LogP contribution is 2.13. The summed E-state index contributed by atoms with van der Waals surface area (Å²) in [5, 5.41) is 0. The van der Waals surface area contributed by atoms with Crippen molar-refractivity contribution in [3.8, 4) is 5.75 Å². The third kappa shape index (κ3) is 5.16. The van der Waals surface area contributed by atoms with Crippen molar-refractivity contribution in [2.75, 3.05) is 19.7 Å². The van der Waals surface area contributed by atoms with Crippen LogP contribution in [0.5, 0.6) is 5.75 Å². The molecule has 0 aromatic heterocycles. The normalized spacial score (nSPS) is 10.0. The Balaban J connectivity index is 2.45. The first kappa shape index (κ1) is 15.3. The van der Waals surface area contributed by atoms with E-state index in [0.717, 1.165) is 30.8 Å². The van der Waals surface area contributed by atoms with Gasteiger partial charge in [-0.2, -0.15) is 0 Å². The molecule has 0 fully saturated rings. The van der Waals surface area contributed by atoms with E-state index >= 15 is 0 Å². The lowest BCUT2D eigenvalue weighted by molar-refractivity contribution is -0.130. The van der Waals surface area contributed by atoms with Crippen molar-refractivity contribution < 1.29 is 9.53 Å². The fourth-order valence-electron chi connectivity index (χ4n) is 1.89. The van der Waals surface area contributed by atoms with Crippen LogP contribution in [0.15, 0.2) is 36.9 Å². The van der Waals surface area contributed by atoms with Crippen LogP contribution in [0.3, 0.4) is 0 Å². The van der Waals surface area contributed by atoms with Gasteiger partial charge in [-0.3, -0.25) is 4.79 Å². The van der Waals surface area contributed by atoms with Gasteiger partial charge in [-0.15, -0.1) is 0 Å². The predicted octanol–water partition coefficient (Wildman–Crippen LogP) is 3.05. The van der Waals surface area contributed by atoms with Crippen LogP contribution in [0, 0.1) is 0 Å². The van der Waals surface area contributed by atoms with E-state index < -0.39 is 0 Å². The molecule has 1 aromatic carbocycles. The zero-order chi connectivity index (χ0) is 14.1. The molecule has 0 atom stereocenters. The molecule has 0 spiro atoms. The second-order valence-corrected chi connectivity index (χ2v) is 4.31. The van der Waals surface area contributed by atoms with Crippen molar-refractivity contribution in [1.82, 2.24) is 4.90 Å². The van der Waals surface area contributed by atoms with E-state index in [-0.39, 0.29) is 5.91 Å². The van der Waals surface area contributed by atoms with Crippen LogP contribution in [0.1, 0.15) is 25.8 Å². The van der Waals surface area contributed by atoms with Crippen LogP contribution >= 0.6 is 0 Å². The summed E-state index contributed by atoms with van der Waals surface area (Å²) in [7, 11) is 0. The Kier molecular flexibility index (Phi) is 6.72. The fourth-order valence-corrected chi connectivity index (χ4v) is 1.89. The lowest BCUT2D eigenvalue weighted by Crippen LogP contribution is -2.30. The molecule has 3 heteroatoms. The maximum Gasteiger partial charge on any atom is 0.222 e. The predicted molar refractivity (Wildman–Crippen MR) is 78.4 cm³/mol. The number of carbonyl (C=O) groups excluding carboxylic acids is 1. The van der Waals surface area contributed by atoms with Crippen LogP contribution in [-0.2, 0) is 11.2 Å². The van der Waals surface area contributed by atoms with E-state index in [2.05, 4.69) is 6.58 Å². The van der Waals surface area contributed by atoms with E-state index in [9.17, 15) is 4.79 Å². The maximum absolute atomic E-state index is 11.9. The van der Waals surface area contributed by atoms with Gasteiger partial charge in [0.15, 0.2) is 0 Å². The number of nitrogens with zero attached hydrogens (tertiary/aromatic N) is 1. The molecular weight excluding hydrogens is 238 g/mol. The van der Waals surface area contributed by atoms with Crippen LogP contribution < -0.4 is 4.74 Å². The third-order valence-electron chi connectivity index (χ3n) is 3.03. The van der Waals surface area contributed by atoms with Gasteiger partial charge in [0.05, 0.1) is 0 Å². The third-order valence-corrected chi connectivity index (χ3v) is 3.03. The molecular formula is C16H23NO2. The SMILES string of the molecule is C=CCOc1ccc(CCC(=O)N(CC)CC)cc1. The minimum Gasteiger partial charge on any atom is -0.490 e. The van der Waals surface area contributed by atoms with Crippen molar-refractivity contribution in [3.63, 3.8) is 0 Å². The Bertz CT molecular complexity index is 394. The molecule has 0 saturated carbocycles. The van der Waals surface area contributed by atoms with Crippen LogP contribution in [0.2, 0.25) is 0 Å². The molecule has 0 N–H and O–H groups in total. The number of aryl methyl sites for hydroxylation is 1. The van der Waals surface area contributed by atoms with Gasteiger partial charge >= 0.3 is 0 Å². The molecule has 0 aliphatic carbocycles. The summed E-state index contributed by atoms with van der Waals surface area (Å²) >= 11 is 0. The summed E-state index contributed by atoms with van der Waals surface area (Å²) in [5.74, 6) is 1.05. The van der Waals surface area contributed by atoms with E-state index in [1.54, 1.807) is 6.08 Å². The van der Waals surface area contributed by atoms with Crippen LogP contribution in [0.4, 0.5) is 0 Å². The smallest absolute Gasteiger partial charge is 0.222 e. The zero-order valence-corrected chi connectivity index (χ0v) is 11.9. The zero-order valence-electron chi connectivity index (χ0n) is 11.9. The second kappa shape index (κ2) is 8.35. The van der Waals surface area contributed by atoms with E-state index in [0.29, 0.717) is 13.0 Å². The summed E-state index contributed by atoms with van der Waals surface area (Å²) < 4.78 is 5.42. The van der Waals surface area contributed by atoms with Crippen LogP contribution in [-0.4, -0.2) is 30.5 Å². The van der Waals surface area contributed by atoms with E-state index in [1.807, 2.05) is 43.0 Å². The van der Waals surface area contributed by atoms with Gasteiger partial charge in [-0.1, -0.05) is 24.8 Å². The summed E-state index contributed by atoms with van der Waals surface area (Å²) in [5.41, 5.74) is 1.16.